The van der Waals surface area contributed by atoms with Gasteiger partial charge in [0.1, 0.15) is 0 Å². The Morgan fingerprint density at radius 2 is 2.12 bits per heavy atom. The van der Waals surface area contributed by atoms with Crippen molar-refractivity contribution in [3.63, 3.8) is 0 Å². The Kier molecular flexibility index (Phi) is 1.93. The van der Waals surface area contributed by atoms with Gasteiger partial charge in [0.15, 0.2) is 0 Å². The van der Waals surface area contributed by atoms with Gasteiger partial charge < -0.3 is 0 Å². The fourth-order valence-corrected chi connectivity index (χ4v) is 0.713. The number of hydrogen-bond acceptors (Lipinski definition) is 0. The Morgan fingerprint density at radius 3 is 3.00 bits per heavy atom. The van der Waals surface area contributed by atoms with Crippen molar-refractivity contribution in [1.82, 2.24) is 0 Å². The monoisotopic (exact) mass is 126 g/mol. The van der Waals surface area contributed by atoms with Crippen LogP contribution >= 0.6 is 11.6 Å². The molecule has 0 aromatic carbocycles. The van der Waals surface area contributed by atoms with Crippen LogP contribution in [0.15, 0.2) is 35.4 Å². The zero-order chi connectivity index (χ0) is 5.82. The molecule has 0 fully saturated rings. The first kappa shape index (κ1) is 5.64. The summed E-state index contributed by atoms with van der Waals surface area (Å²) in [6.07, 6.45) is 10.7. The van der Waals surface area contributed by atoms with Crippen LogP contribution in [0.3, 0.4) is 0 Å². The number of hydrogen-bond donors (Lipinski definition) is 0. The molecule has 1 heteroatoms. The summed E-state index contributed by atoms with van der Waals surface area (Å²) in [6, 6.07) is 0. The zero-order valence-corrected chi connectivity index (χ0v) is 5.23. The second-order valence-electron chi connectivity index (χ2n) is 1.63. The molecule has 42 valence electrons. The molecule has 0 saturated carbocycles. The molecule has 0 aromatic rings. The maximum atomic E-state index is 5.68. The van der Waals surface area contributed by atoms with Crippen LogP contribution in [0.25, 0.3) is 0 Å². The van der Waals surface area contributed by atoms with Crippen molar-refractivity contribution in [3.05, 3.63) is 35.4 Å². The number of allylic oxidation sites excluding steroid dienone is 6. The molecule has 1 rings (SSSR count). The van der Waals surface area contributed by atoms with E-state index in [1.54, 1.807) is 0 Å². The molecule has 0 bridgehead atoms. The molecule has 0 nitrogen and oxygen atoms in total. The highest BCUT2D eigenvalue weighted by Crippen LogP contribution is 2.09. The zero-order valence-electron chi connectivity index (χ0n) is 4.47. The second-order valence-corrected chi connectivity index (χ2v) is 2.12. The normalized spacial score (nSPS) is 17.9. The van der Waals surface area contributed by atoms with E-state index in [-0.39, 0.29) is 0 Å². The van der Waals surface area contributed by atoms with Crippen LogP contribution < -0.4 is 0 Å². The van der Waals surface area contributed by atoms with Gasteiger partial charge in [-0.2, -0.15) is 0 Å². The van der Waals surface area contributed by atoms with Gasteiger partial charge in [-0.25, -0.2) is 0 Å². The van der Waals surface area contributed by atoms with E-state index in [2.05, 4.69) is 0 Å². The highest BCUT2D eigenvalue weighted by atomic mass is 35.5. The first-order valence-corrected chi connectivity index (χ1v) is 2.95. The van der Waals surface area contributed by atoms with Gasteiger partial charge in [0.05, 0.1) is 0 Å². The summed E-state index contributed by atoms with van der Waals surface area (Å²) in [5, 5.41) is 0.898. The van der Waals surface area contributed by atoms with Crippen molar-refractivity contribution in [2.24, 2.45) is 0 Å². The van der Waals surface area contributed by atoms with E-state index >= 15 is 0 Å². The molecule has 0 N–H and O–H groups in total. The van der Waals surface area contributed by atoms with Crippen molar-refractivity contribution in [1.29, 1.82) is 0 Å². The molecule has 0 saturated heterocycles. The maximum absolute atomic E-state index is 5.68. The van der Waals surface area contributed by atoms with Gasteiger partial charge >= 0.3 is 0 Å². The molecule has 0 spiro atoms. The lowest BCUT2D eigenvalue weighted by atomic mass is 10.4. The lowest BCUT2D eigenvalue weighted by Crippen LogP contribution is -1.61. The summed E-state index contributed by atoms with van der Waals surface area (Å²) in [7, 11) is 0. The third-order valence-corrected chi connectivity index (χ3v) is 1.23. The van der Waals surface area contributed by atoms with E-state index in [0.717, 1.165) is 11.5 Å². The summed E-state index contributed by atoms with van der Waals surface area (Å²) in [4.78, 5) is 0. The van der Waals surface area contributed by atoms with Crippen molar-refractivity contribution in [2.75, 3.05) is 0 Å². The lowest BCUT2D eigenvalue weighted by Gasteiger charge is -1.83. The largest absolute Gasteiger partial charge is 0.0888 e. The Bertz CT molecular complexity index is 152. The molecular weight excluding hydrogens is 120 g/mol. The van der Waals surface area contributed by atoms with Crippen molar-refractivity contribution < 1.29 is 0 Å². The van der Waals surface area contributed by atoms with Gasteiger partial charge in [-0.05, 0) is 6.08 Å². The minimum atomic E-state index is 0.870. The van der Waals surface area contributed by atoms with Crippen molar-refractivity contribution in [2.45, 2.75) is 6.42 Å². The van der Waals surface area contributed by atoms with E-state index < -0.39 is 0 Å². The first-order valence-electron chi connectivity index (χ1n) is 2.57. The molecule has 0 unspecified atom stereocenters. The topological polar surface area (TPSA) is 0 Å². The molecule has 0 aromatic heterocycles. The smallest absolute Gasteiger partial charge is 0.0218 e. The summed E-state index contributed by atoms with van der Waals surface area (Å²) in [6.45, 7) is 0. The highest BCUT2D eigenvalue weighted by molar-refractivity contribution is 6.29. The fraction of sp³-hybridized carbons (Fsp3) is 0.143. The molecule has 0 heterocycles. The quantitative estimate of drug-likeness (QED) is 0.468. The van der Waals surface area contributed by atoms with E-state index in [4.69, 9.17) is 11.6 Å². The molecule has 8 heavy (non-hydrogen) atoms. The van der Waals surface area contributed by atoms with Crippen LogP contribution in [0, 0.1) is 0 Å². The summed E-state index contributed by atoms with van der Waals surface area (Å²) < 4.78 is 0. The minimum absolute atomic E-state index is 0.870. The Balaban J connectivity index is 2.69. The van der Waals surface area contributed by atoms with Crippen LogP contribution in [0.5, 0.6) is 0 Å². The van der Waals surface area contributed by atoms with E-state index in [1.807, 2.05) is 30.4 Å². The molecular formula is C7H7Cl. The predicted molar refractivity (Wildman–Crippen MR) is 36.8 cm³/mol. The van der Waals surface area contributed by atoms with Crippen LogP contribution in [0.2, 0.25) is 0 Å². The van der Waals surface area contributed by atoms with Crippen LogP contribution in [-0.4, -0.2) is 0 Å². The van der Waals surface area contributed by atoms with Gasteiger partial charge in [0, 0.05) is 11.5 Å². The standard InChI is InChI=1S/C7H7Cl/c8-7-5-3-1-2-4-6-7/h1-5H,6H2. The second kappa shape index (κ2) is 2.73. The summed E-state index contributed by atoms with van der Waals surface area (Å²) >= 11 is 5.68. The van der Waals surface area contributed by atoms with Crippen LogP contribution in [-0.2, 0) is 0 Å². The van der Waals surface area contributed by atoms with Gasteiger partial charge in [-0.15, -0.1) is 0 Å². The van der Waals surface area contributed by atoms with Gasteiger partial charge in [-0.3, -0.25) is 0 Å². The Hall–Kier alpha value is -0.490. The van der Waals surface area contributed by atoms with Crippen molar-refractivity contribution >= 4 is 11.6 Å². The van der Waals surface area contributed by atoms with E-state index in [9.17, 15) is 0 Å². The van der Waals surface area contributed by atoms with Crippen LogP contribution in [0.4, 0.5) is 0 Å². The van der Waals surface area contributed by atoms with Crippen LogP contribution in [0.1, 0.15) is 6.42 Å². The predicted octanol–water partition coefficient (Wildman–Crippen LogP) is 2.63. The van der Waals surface area contributed by atoms with Gasteiger partial charge in [-0.1, -0.05) is 35.9 Å². The molecule has 0 amide bonds. The van der Waals surface area contributed by atoms with Crippen molar-refractivity contribution in [3.8, 4) is 0 Å². The average Bonchev–Trinajstić information content (AvgIpc) is 1.94. The SMILES string of the molecule is ClC1=CC=CC=CC1. The third kappa shape index (κ3) is 1.55. The summed E-state index contributed by atoms with van der Waals surface area (Å²) in [5.41, 5.74) is 0. The fourth-order valence-electron chi connectivity index (χ4n) is 0.551. The first-order chi connectivity index (χ1) is 3.89. The van der Waals surface area contributed by atoms with E-state index in [1.165, 1.54) is 0 Å². The minimum Gasteiger partial charge on any atom is -0.0888 e. The Labute approximate surface area is 54.2 Å². The average molecular weight is 127 g/mol. The highest BCUT2D eigenvalue weighted by Gasteiger charge is 1.85. The molecule has 1 aliphatic carbocycles. The molecule has 0 aliphatic heterocycles. The van der Waals surface area contributed by atoms with Gasteiger partial charge in [0.25, 0.3) is 0 Å². The third-order valence-electron chi connectivity index (χ3n) is 0.948. The summed E-state index contributed by atoms with van der Waals surface area (Å²) in [5.74, 6) is 0. The van der Waals surface area contributed by atoms with E-state index in [0.29, 0.717) is 0 Å². The number of rotatable bonds is 0. The molecule has 0 atom stereocenters. The Morgan fingerprint density at radius 1 is 1.25 bits per heavy atom. The molecule has 1 aliphatic rings. The lowest BCUT2D eigenvalue weighted by molar-refractivity contribution is 1.36. The maximum Gasteiger partial charge on any atom is 0.0218 e. The number of halogens is 1. The molecule has 0 radical (unpaired) electrons. The van der Waals surface area contributed by atoms with Gasteiger partial charge in [0.2, 0.25) is 0 Å².